The van der Waals surface area contributed by atoms with Gasteiger partial charge in [-0.1, -0.05) is 48.0 Å². The molecule has 2 aliphatic heterocycles. The summed E-state index contributed by atoms with van der Waals surface area (Å²) in [6.45, 7) is 0.0828. The minimum Gasteiger partial charge on any atom is -0.349 e. The fourth-order valence-electron chi connectivity index (χ4n) is 3.30. The van der Waals surface area contributed by atoms with Gasteiger partial charge in [-0.2, -0.15) is 5.10 Å². The van der Waals surface area contributed by atoms with Gasteiger partial charge in [-0.25, -0.2) is 5.01 Å². The summed E-state index contributed by atoms with van der Waals surface area (Å²) < 4.78 is 0. The van der Waals surface area contributed by atoms with Crippen LogP contribution in [0.25, 0.3) is 6.08 Å². The monoisotopic (exact) mass is 482 g/mol. The lowest BCUT2D eigenvalue weighted by Crippen LogP contribution is -2.42. The maximum Gasteiger partial charge on any atom is 0.293 e. The van der Waals surface area contributed by atoms with E-state index in [-0.39, 0.29) is 42.5 Å². The van der Waals surface area contributed by atoms with E-state index < -0.39 is 17.1 Å². The molecule has 0 radical (unpaired) electrons. The normalized spacial score (nSPS) is 17.5. The maximum atomic E-state index is 12.6. The first-order valence-electron chi connectivity index (χ1n) is 10.2. The number of benzene rings is 2. The minimum atomic E-state index is -0.443. The average molecular weight is 483 g/mol. The number of nitrogens with zero attached hydrogens (tertiary/aromatic N) is 3. The van der Waals surface area contributed by atoms with E-state index in [1.165, 1.54) is 5.01 Å². The topological polar surface area (TPSA) is 99.2 Å². The van der Waals surface area contributed by atoms with Gasteiger partial charge in [0.05, 0.1) is 10.6 Å². The molecule has 0 atom stereocenters. The van der Waals surface area contributed by atoms with E-state index in [9.17, 15) is 19.2 Å². The predicted octanol–water partition coefficient (Wildman–Crippen LogP) is 3.68. The van der Waals surface area contributed by atoms with Crippen LogP contribution in [0.2, 0.25) is 5.02 Å². The third-order valence-corrected chi connectivity index (χ3v) is 6.23. The first kappa shape index (κ1) is 22.8. The van der Waals surface area contributed by atoms with Crippen molar-refractivity contribution in [3.63, 3.8) is 0 Å². The first-order chi connectivity index (χ1) is 15.9. The highest BCUT2D eigenvalue weighted by atomic mass is 35.5. The van der Waals surface area contributed by atoms with E-state index in [1.807, 2.05) is 6.07 Å². The number of hydrogen-bond donors (Lipinski definition) is 1. The van der Waals surface area contributed by atoms with Gasteiger partial charge < -0.3 is 5.32 Å². The van der Waals surface area contributed by atoms with Crippen molar-refractivity contribution in [3.8, 4) is 0 Å². The quantitative estimate of drug-likeness (QED) is 0.633. The Kier molecular flexibility index (Phi) is 6.90. The molecule has 33 heavy (non-hydrogen) atoms. The van der Waals surface area contributed by atoms with Crippen molar-refractivity contribution in [2.24, 2.45) is 5.10 Å². The number of para-hydroxylation sites is 1. The second kappa shape index (κ2) is 10.0. The average Bonchev–Trinajstić information content (AvgIpc) is 3.08. The predicted molar refractivity (Wildman–Crippen MR) is 128 cm³/mol. The van der Waals surface area contributed by atoms with Crippen molar-refractivity contribution in [1.82, 2.24) is 10.2 Å². The third kappa shape index (κ3) is 5.15. The van der Waals surface area contributed by atoms with E-state index in [2.05, 4.69) is 10.4 Å². The zero-order chi connectivity index (χ0) is 23.4. The Morgan fingerprint density at radius 3 is 2.55 bits per heavy atom. The number of hydrazone groups is 1. The molecule has 1 N–H and O–H groups in total. The molecule has 0 saturated carbocycles. The van der Waals surface area contributed by atoms with Crippen LogP contribution in [-0.4, -0.2) is 46.7 Å². The highest BCUT2D eigenvalue weighted by molar-refractivity contribution is 8.18. The number of carbonyl (C=O) groups excluding carboxylic acids is 4. The summed E-state index contributed by atoms with van der Waals surface area (Å²) in [4.78, 5) is 51.0. The van der Waals surface area contributed by atoms with Gasteiger partial charge in [0.2, 0.25) is 5.91 Å². The van der Waals surface area contributed by atoms with Crippen molar-refractivity contribution >= 4 is 63.8 Å². The number of anilines is 1. The fraction of sp³-hybridized carbons (Fsp3) is 0.174. The van der Waals surface area contributed by atoms with Crippen LogP contribution < -0.4 is 10.3 Å². The molecule has 168 valence electrons. The summed E-state index contributed by atoms with van der Waals surface area (Å²) >= 11 is 6.96. The molecule has 10 heteroatoms. The van der Waals surface area contributed by atoms with Gasteiger partial charge in [0, 0.05) is 31.0 Å². The Bertz CT molecular complexity index is 1180. The zero-order valence-electron chi connectivity index (χ0n) is 17.4. The van der Waals surface area contributed by atoms with Crippen LogP contribution in [0, 0.1) is 0 Å². The summed E-state index contributed by atoms with van der Waals surface area (Å²) in [5.74, 6) is -1.07. The summed E-state index contributed by atoms with van der Waals surface area (Å²) in [7, 11) is 0. The summed E-state index contributed by atoms with van der Waals surface area (Å²) in [6.07, 6.45) is 1.96. The SMILES string of the molecule is O=C(NCCN1C(=O)SC(=Cc2ccccc2Cl)C1=O)C1=NN(c2ccccc2)C(=O)CC1. The molecule has 1 fully saturated rings. The summed E-state index contributed by atoms with van der Waals surface area (Å²) in [6, 6.07) is 15.9. The van der Waals surface area contributed by atoms with Crippen LogP contribution in [0.4, 0.5) is 10.5 Å². The van der Waals surface area contributed by atoms with Gasteiger partial charge in [0.1, 0.15) is 5.71 Å². The van der Waals surface area contributed by atoms with Crippen molar-refractivity contribution in [2.45, 2.75) is 12.8 Å². The molecule has 2 heterocycles. The zero-order valence-corrected chi connectivity index (χ0v) is 18.9. The van der Waals surface area contributed by atoms with Crippen LogP contribution in [0.1, 0.15) is 18.4 Å². The van der Waals surface area contributed by atoms with Crippen LogP contribution >= 0.6 is 23.4 Å². The van der Waals surface area contributed by atoms with Gasteiger partial charge in [-0.05, 0) is 41.6 Å². The second-order valence-electron chi connectivity index (χ2n) is 7.20. The molecule has 4 rings (SSSR count). The van der Waals surface area contributed by atoms with Gasteiger partial charge in [-0.15, -0.1) is 0 Å². The maximum absolute atomic E-state index is 12.6. The van der Waals surface area contributed by atoms with Gasteiger partial charge in [-0.3, -0.25) is 24.1 Å². The van der Waals surface area contributed by atoms with E-state index in [0.29, 0.717) is 16.3 Å². The first-order valence-corrected chi connectivity index (χ1v) is 11.4. The third-order valence-electron chi connectivity index (χ3n) is 4.98. The molecule has 0 aromatic heterocycles. The van der Waals surface area contributed by atoms with E-state index in [0.717, 1.165) is 16.7 Å². The minimum absolute atomic E-state index is 0.0187. The van der Waals surface area contributed by atoms with Crippen LogP contribution in [-0.2, 0) is 14.4 Å². The van der Waals surface area contributed by atoms with Crippen molar-refractivity contribution in [2.75, 3.05) is 18.1 Å². The summed E-state index contributed by atoms with van der Waals surface area (Å²) in [5, 5.41) is 8.16. The lowest BCUT2D eigenvalue weighted by atomic mass is 10.1. The van der Waals surface area contributed by atoms with E-state index >= 15 is 0 Å². The molecule has 1 saturated heterocycles. The van der Waals surface area contributed by atoms with Gasteiger partial charge in [0.15, 0.2) is 0 Å². The molecule has 8 nitrogen and oxygen atoms in total. The second-order valence-corrected chi connectivity index (χ2v) is 8.60. The standard InChI is InChI=1S/C23H19ClN4O4S/c24-17-9-5-4-6-15(17)14-19-22(31)27(23(32)33-19)13-12-25-21(30)18-10-11-20(29)28(26-18)16-7-2-1-3-8-16/h1-9,14H,10-13H2,(H,25,30). The Morgan fingerprint density at radius 1 is 1.06 bits per heavy atom. The number of amides is 4. The number of nitrogens with one attached hydrogen (secondary N) is 1. The number of carbonyl (C=O) groups is 4. The molecule has 2 aliphatic rings. The smallest absolute Gasteiger partial charge is 0.293 e. The van der Waals surface area contributed by atoms with E-state index in [4.69, 9.17) is 11.6 Å². The molecule has 2 aromatic carbocycles. The van der Waals surface area contributed by atoms with Crippen LogP contribution in [0.3, 0.4) is 0 Å². The Hall–Kier alpha value is -3.43. The van der Waals surface area contributed by atoms with Gasteiger partial charge in [0.25, 0.3) is 17.1 Å². The molecular formula is C23H19ClN4O4S. The number of rotatable bonds is 6. The Labute approximate surface area is 199 Å². The summed E-state index contributed by atoms with van der Waals surface area (Å²) in [5.41, 5.74) is 1.44. The van der Waals surface area contributed by atoms with Crippen molar-refractivity contribution in [3.05, 3.63) is 70.1 Å². The molecule has 2 aromatic rings. The Morgan fingerprint density at radius 2 is 1.79 bits per heavy atom. The number of thioether (sulfide) groups is 1. The molecule has 4 amide bonds. The van der Waals surface area contributed by atoms with Crippen molar-refractivity contribution < 1.29 is 19.2 Å². The Balaban J connectivity index is 1.37. The number of imide groups is 1. The largest absolute Gasteiger partial charge is 0.349 e. The molecule has 0 spiro atoms. The lowest BCUT2D eigenvalue weighted by Gasteiger charge is -2.23. The van der Waals surface area contributed by atoms with Crippen molar-refractivity contribution in [1.29, 1.82) is 0 Å². The van der Waals surface area contributed by atoms with Gasteiger partial charge >= 0.3 is 0 Å². The van der Waals surface area contributed by atoms with Crippen LogP contribution in [0.15, 0.2) is 64.6 Å². The number of halogens is 1. The molecular weight excluding hydrogens is 464 g/mol. The molecule has 0 unspecified atom stereocenters. The fourth-order valence-corrected chi connectivity index (χ4v) is 4.34. The highest BCUT2D eigenvalue weighted by Gasteiger charge is 2.35. The molecule has 0 aliphatic carbocycles. The van der Waals surface area contributed by atoms with Crippen LogP contribution in [0.5, 0.6) is 0 Å². The lowest BCUT2D eigenvalue weighted by molar-refractivity contribution is -0.123. The molecule has 0 bridgehead atoms. The van der Waals surface area contributed by atoms with E-state index in [1.54, 1.807) is 54.6 Å². The number of hydrogen-bond acceptors (Lipinski definition) is 6. The highest BCUT2D eigenvalue weighted by Crippen LogP contribution is 2.33.